The summed E-state index contributed by atoms with van der Waals surface area (Å²) in [5.41, 5.74) is 3.12. The lowest BCUT2D eigenvalue weighted by molar-refractivity contribution is 0.0875. The van der Waals surface area contributed by atoms with Crippen molar-refractivity contribution in [3.8, 4) is 17.2 Å². The van der Waals surface area contributed by atoms with Gasteiger partial charge in [0.05, 0.1) is 17.9 Å². The molecule has 1 aliphatic heterocycles. The first-order valence-corrected chi connectivity index (χ1v) is 10.3. The van der Waals surface area contributed by atoms with Crippen molar-refractivity contribution in [3.05, 3.63) is 59.7 Å². The molecule has 1 fully saturated rings. The van der Waals surface area contributed by atoms with Crippen molar-refractivity contribution in [3.63, 3.8) is 0 Å². The Morgan fingerprint density at radius 1 is 1.08 bits per heavy atom. The molecule has 0 atom stereocenters. The van der Waals surface area contributed by atoms with Crippen LogP contribution in [-0.2, 0) is 10.0 Å². The van der Waals surface area contributed by atoms with E-state index >= 15 is 0 Å². The lowest BCUT2D eigenvalue weighted by Crippen LogP contribution is -2.39. The van der Waals surface area contributed by atoms with Gasteiger partial charge in [0.1, 0.15) is 0 Å². The minimum absolute atomic E-state index is 0.0653. The zero-order chi connectivity index (χ0) is 18.7. The first-order chi connectivity index (χ1) is 12.4. The Balaban J connectivity index is 1.71. The first kappa shape index (κ1) is 18.3. The van der Waals surface area contributed by atoms with Gasteiger partial charge in [0.25, 0.3) is 0 Å². The normalized spacial score (nSPS) is 16.2. The maximum atomic E-state index is 12.7. The molecule has 1 saturated heterocycles. The number of nitriles is 1. The van der Waals surface area contributed by atoms with Crippen molar-refractivity contribution in [1.29, 1.82) is 5.26 Å². The molecule has 3 rings (SSSR count). The largest absolute Gasteiger partial charge is 0.294 e. The van der Waals surface area contributed by atoms with Gasteiger partial charge >= 0.3 is 0 Å². The number of ketones is 1. The van der Waals surface area contributed by atoms with E-state index in [2.05, 4.69) is 6.07 Å². The van der Waals surface area contributed by atoms with Crippen LogP contribution in [0.4, 0.5) is 0 Å². The van der Waals surface area contributed by atoms with Crippen molar-refractivity contribution in [2.24, 2.45) is 5.92 Å². The summed E-state index contributed by atoms with van der Waals surface area (Å²) >= 11 is 0. The van der Waals surface area contributed by atoms with Crippen molar-refractivity contribution < 1.29 is 13.2 Å². The Morgan fingerprint density at radius 2 is 1.73 bits per heavy atom. The van der Waals surface area contributed by atoms with Gasteiger partial charge in [-0.2, -0.15) is 5.26 Å². The van der Waals surface area contributed by atoms with Gasteiger partial charge in [-0.3, -0.25) is 4.79 Å². The zero-order valence-corrected chi connectivity index (χ0v) is 15.4. The number of carbonyl (C=O) groups is 1. The van der Waals surface area contributed by atoms with Gasteiger partial charge in [-0.25, -0.2) is 12.7 Å². The topological polar surface area (TPSA) is 78.2 Å². The van der Waals surface area contributed by atoms with Gasteiger partial charge in [-0.05, 0) is 36.1 Å². The second-order valence-corrected chi connectivity index (χ2v) is 8.55. The highest BCUT2D eigenvalue weighted by molar-refractivity contribution is 7.88. The van der Waals surface area contributed by atoms with Crippen LogP contribution < -0.4 is 0 Å². The van der Waals surface area contributed by atoms with E-state index in [1.165, 1.54) is 10.6 Å². The monoisotopic (exact) mass is 368 g/mol. The molecule has 6 heteroatoms. The molecule has 0 aliphatic carbocycles. The molecule has 5 nitrogen and oxygen atoms in total. The third kappa shape index (κ3) is 4.01. The maximum absolute atomic E-state index is 12.7. The third-order valence-electron chi connectivity index (χ3n) is 4.79. The molecular formula is C20H20N2O3S. The van der Waals surface area contributed by atoms with Gasteiger partial charge in [0, 0.05) is 24.6 Å². The van der Waals surface area contributed by atoms with Gasteiger partial charge in [0.2, 0.25) is 10.0 Å². The molecule has 2 aromatic rings. The van der Waals surface area contributed by atoms with Crippen LogP contribution in [0.1, 0.15) is 28.8 Å². The Bertz CT molecular complexity index is 951. The molecular weight excluding hydrogens is 348 g/mol. The summed E-state index contributed by atoms with van der Waals surface area (Å²) in [5.74, 6) is -0.0729. The summed E-state index contributed by atoms with van der Waals surface area (Å²) in [6, 6.07) is 16.8. The fourth-order valence-electron chi connectivity index (χ4n) is 3.28. The number of hydrogen-bond donors (Lipinski definition) is 0. The number of nitrogens with zero attached hydrogens (tertiary/aromatic N) is 2. The smallest absolute Gasteiger partial charge is 0.211 e. The summed E-state index contributed by atoms with van der Waals surface area (Å²) in [6.45, 7) is 0.794. The van der Waals surface area contributed by atoms with E-state index in [0.717, 1.165) is 11.1 Å². The molecule has 0 spiro atoms. The lowest BCUT2D eigenvalue weighted by Gasteiger charge is -2.29. The average molecular weight is 368 g/mol. The van der Waals surface area contributed by atoms with Crippen LogP contribution in [0.2, 0.25) is 0 Å². The number of piperidine rings is 1. The van der Waals surface area contributed by atoms with Crippen LogP contribution in [0.15, 0.2) is 48.5 Å². The minimum atomic E-state index is -3.18. The third-order valence-corrected chi connectivity index (χ3v) is 6.09. The molecule has 2 aromatic carbocycles. The molecule has 26 heavy (non-hydrogen) atoms. The van der Waals surface area contributed by atoms with Crippen molar-refractivity contribution in [2.75, 3.05) is 19.3 Å². The maximum Gasteiger partial charge on any atom is 0.211 e. The van der Waals surface area contributed by atoms with E-state index in [1.807, 2.05) is 30.3 Å². The summed E-state index contributed by atoms with van der Waals surface area (Å²) in [5, 5.41) is 9.00. The van der Waals surface area contributed by atoms with Crippen molar-refractivity contribution in [1.82, 2.24) is 4.31 Å². The Morgan fingerprint density at radius 3 is 2.31 bits per heavy atom. The fraction of sp³-hybridized carbons (Fsp3) is 0.300. The van der Waals surface area contributed by atoms with Crippen LogP contribution in [-0.4, -0.2) is 37.9 Å². The zero-order valence-electron chi connectivity index (χ0n) is 14.6. The molecule has 0 amide bonds. The molecule has 0 aromatic heterocycles. The standard InChI is InChI=1S/C20H20N2O3S/c1-26(24,25)22-11-9-18(10-12-22)20(23)17-7-5-16(6-8-17)19-4-2-3-15(13-19)14-21/h2-8,13,18H,9-12H2,1H3. The van der Waals surface area contributed by atoms with Gasteiger partial charge in [-0.1, -0.05) is 36.4 Å². The Labute approximate surface area is 153 Å². The summed E-state index contributed by atoms with van der Waals surface area (Å²) in [6.07, 6.45) is 2.31. The van der Waals surface area contributed by atoms with Crippen LogP contribution in [0, 0.1) is 17.2 Å². The highest BCUT2D eigenvalue weighted by atomic mass is 32.2. The summed E-state index contributed by atoms with van der Waals surface area (Å²) in [4.78, 5) is 12.7. The number of hydrogen-bond acceptors (Lipinski definition) is 4. The predicted octanol–water partition coefficient (Wildman–Crippen LogP) is 3.08. The summed E-state index contributed by atoms with van der Waals surface area (Å²) < 4.78 is 24.6. The summed E-state index contributed by atoms with van der Waals surface area (Å²) in [7, 11) is -3.18. The molecule has 0 N–H and O–H groups in total. The first-order valence-electron chi connectivity index (χ1n) is 8.48. The molecule has 1 heterocycles. The number of benzene rings is 2. The second kappa shape index (κ2) is 7.40. The fourth-order valence-corrected chi connectivity index (χ4v) is 4.15. The van der Waals surface area contributed by atoms with Crippen LogP contribution in [0.25, 0.3) is 11.1 Å². The number of Topliss-reactive ketones (excluding diaryl/α,β-unsaturated/α-hetero) is 1. The average Bonchev–Trinajstić information content (AvgIpc) is 2.67. The van der Waals surface area contributed by atoms with E-state index in [0.29, 0.717) is 37.1 Å². The molecule has 0 bridgehead atoms. The van der Waals surface area contributed by atoms with E-state index < -0.39 is 10.0 Å². The van der Waals surface area contributed by atoms with Crippen LogP contribution >= 0.6 is 0 Å². The van der Waals surface area contributed by atoms with E-state index in [1.54, 1.807) is 18.2 Å². The molecule has 0 saturated carbocycles. The Hall–Kier alpha value is -2.49. The molecule has 0 unspecified atom stereocenters. The number of rotatable bonds is 4. The molecule has 0 radical (unpaired) electrons. The van der Waals surface area contributed by atoms with Crippen molar-refractivity contribution >= 4 is 15.8 Å². The van der Waals surface area contributed by atoms with Crippen molar-refractivity contribution in [2.45, 2.75) is 12.8 Å². The highest BCUT2D eigenvalue weighted by Gasteiger charge is 2.29. The minimum Gasteiger partial charge on any atom is -0.294 e. The lowest BCUT2D eigenvalue weighted by atomic mass is 9.89. The van der Waals surface area contributed by atoms with Gasteiger partial charge in [-0.15, -0.1) is 0 Å². The van der Waals surface area contributed by atoms with Crippen LogP contribution in [0.5, 0.6) is 0 Å². The Kier molecular flexibility index (Phi) is 5.21. The van der Waals surface area contributed by atoms with E-state index in [9.17, 15) is 13.2 Å². The number of carbonyl (C=O) groups excluding carboxylic acids is 1. The van der Waals surface area contributed by atoms with Gasteiger partial charge in [0.15, 0.2) is 5.78 Å². The second-order valence-electron chi connectivity index (χ2n) is 6.57. The highest BCUT2D eigenvalue weighted by Crippen LogP contribution is 2.25. The van der Waals surface area contributed by atoms with E-state index in [4.69, 9.17) is 5.26 Å². The number of sulfonamides is 1. The van der Waals surface area contributed by atoms with Crippen LogP contribution in [0.3, 0.4) is 0 Å². The molecule has 134 valence electrons. The quantitative estimate of drug-likeness (QED) is 0.777. The predicted molar refractivity (Wildman–Crippen MR) is 100 cm³/mol. The van der Waals surface area contributed by atoms with E-state index in [-0.39, 0.29) is 11.7 Å². The SMILES string of the molecule is CS(=O)(=O)N1CCC(C(=O)c2ccc(-c3cccc(C#N)c3)cc2)CC1. The van der Waals surface area contributed by atoms with Gasteiger partial charge < -0.3 is 0 Å². The molecule has 1 aliphatic rings.